The van der Waals surface area contributed by atoms with Crippen molar-refractivity contribution < 1.29 is 18.7 Å². The summed E-state index contributed by atoms with van der Waals surface area (Å²) < 4.78 is 16.6. The molecular weight excluding hydrogens is 380 g/mol. The number of carbonyl (C=O) groups is 1. The minimum Gasteiger partial charge on any atom is -0.493 e. The van der Waals surface area contributed by atoms with Gasteiger partial charge in [0.05, 0.1) is 14.2 Å². The molecule has 30 heavy (non-hydrogen) atoms. The predicted molar refractivity (Wildman–Crippen MR) is 115 cm³/mol. The lowest BCUT2D eigenvalue weighted by Crippen LogP contribution is -2.33. The lowest BCUT2D eigenvalue weighted by atomic mass is 10.1. The first-order valence-corrected chi connectivity index (χ1v) is 10.6. The Morgan fingerprint density at radius 1 is 0.967 bits per heavy atom. The van der Waals surface area contributed by atoms with Crippen LogP contribution in [-0.4, -0.2) is 43.1 Å². The van der Waals surface area contributed by atoms with Crippen LogP contribution in [0.5, 0.6) is 11.5 Å². The van der Waals surface area contributed by atoms with E-state index in [4.69, 9.17) is 13.9 Å². The number of methoxy groups -OCH3 is 2. The van der Waals surface area contributed by atoms with Gasteiger partial charge in [-0.1, -0.05) is 25.3 Å². The van der Waals surface area contributed by atoms with Crippen LogP contribution in [0.4, 0.5) is 0 Å². The molecule has 6 heteroatoms. The molecule has 158 valence electrons. The number of aromatic nitrogens is 1. The maximum Gasteiger partial charge on any atom is 0.253 e. The fraction of sp³-hybridized carbons (Fsp3) is 0.417. The first-order valence-electron chi connectivity index (χ1n) is 10.6. The van der Waals surface area contributed by atoms with E-state index in [1.54, 1.807) is 14.2 Å². The van der Waals surface area contributed by atoms with E-state index in [1.165, 1.54) is 19.3 Å². The van der Waals surface area contributed by atoms with Crippen molar-refractivity contribution in [1.29, 1.82) is 0 Å². The summed E-state index contributed by atoms with van der Waals surface area (Å²) in [5, 5.41) is 0. The Morgan fingerprint density at radius 2 is 1.70 bits per heavy atom. The SMILES string of the molecule is COc1ccc(Cc2nc3ccc(C(=O)N4CCCCCCC4)cc3o2)cc1OC. The number of likely N-dealkylation sites (tertiary alicyclic amines) is 1. The molecule has 1 aliphatic rings. The molecule has 0 spiro atoms. The number of oxazole rings is 1. The second kappa shape index (κ2) is 9.20. The molecule has 0 saturated carbocycles. The number of hydrogen-bond acceptors (Lipinski definition) is 5. The quantitative estimate of drug-likeness (QED) is 0.604. The Hall–Kier alpha value is -3.02. The second-order valence-corrected chi connectivity index (χ2v) is 7.72. The van der Waals surface area contributed by atoms with E-state index in [9.17, 15) is 4.79 Å². The van der Waals surface area contributed by atoms with Gasteiger partial charge in [-0.15, -0.1) is 0 Å². The van der Waals surface area contributed by atoms with Gasteiger partial charge in [0, 0.05) is 25.1 Å². The average Bonchev–Trinajstić information content (AvgIpc) is 3.14. The van der Waals surface area contributed by atoms with Crippen LogP contribution < -0.4 is 9.47 Å². The molecule has 0 aliphatic carbocycles. The van der Waals surface area contributed by atoms with E-state index in [-0.39, 0.29) is 5.91 Å². The first kappa shape index (κ1) is 20.3. The number of ether oxygens (including phenoxy) is 2. The summed E-state index contributed by atoms with van der Waals surface area (Å²) in [6.07, 6.45) is 6.35. The highest BCUT2D eigenvalue weighted by atomic mass is 16.5. The molecule has 2 heterocycles. The van der Waals surface area contributed by atoms with Gasteiger partial charge in [0.1, 0.15) is 5.52 Å². The average molecular weight is 408 g/mol. The van der Waals surface area contributed by atoms with Gasteiger partial charge in [0.25, 0.3) is 5.91 Å². The van der Waals surface area contributed by atoms with Crippen molar-refractivity contribution in [3.8, 4) is 11.5 Å². The molecule has 1 saturated heterocycles. The number of fused-ring (bicyclic) bond motifs is 1. The summed E-state index contributed by atoms with van der Waals surface area (Å²) in [4.78, 5) is 19.5. The van der Waals surface area contributed by atoms with Gasteiger partial charge in [-0.2, -0.15) is 0 Å². The Morgan fingerprint density at radius 3 is 2.43 bits per heavy atom. The molecule has 2 aromatic carbocycles. The van der Waals surface area contributed by atoms with E-state index >= 15 is 0 Å². The predicted octanol–water partition coefficient (Wildman–Crippen LogP) is 4.84. The zero-order valence-corrected chi connectivity index (χ0v) is 17.6. The maximum atomic E-state index is 13.0. The second-order valence-electron chi connectivity index (χ2n) is 7.72. The van der Waals surface area contributed by atoms with Gasteiger partial charge in [0.2, 0.25) is 0 Å². The molecule has 0 atom stereocenters. The third kappa shape index (κ3) is 4.42. The smallest absolute Gasteiger partial charge is 0.253 e. The number of nitrogens with zero attached hydrogens (tertiary/aromatic N) is 2. The third-order valence-electron chi connectivity index (χ3n) is 5.63. The van der Waals surface area contributed by atoms with Crippen molar-refractivity contribution in [2.75, 3.05) is 27.3 Å². The monoisotopic (exact) mass is 408 g/mol. The molecule has 0 bridgehead atoms. The van der Waals surface area contributed by atoms with Gasteiger partial charge in [0.15, 0.2) is 23.0 Å². The standard InChI is InChI=1S/C24H28N2O4/c1-28-20-11-8-17(14-22(20)29-2)15-23-25-19-10-9-18(16-21(19)30-23)24(27)26-12-6-4-3-5-7-13-26/h8-11,14,16H,3-7,12-13,15H2,1-2H3. The molecule has 6 nitrogen and oxygen atoms in total. The fourth-order valence-electron chi connectivity index (χ4n) is 3.98. The number of rotatable bonds is 5. The molecule has 1 aromatic heterocycles. The number of benzene rings is 2. The Kier molecular flexibility index (Phi) is 6.21. The van der Waals surface area contributed by atoms with Gasteiger partial charge >= 0.3 is 0 Å². The van der Waals surface area contributed by atoms with Gasteiger partial charge in [-0.05, 0) is 48.7 Å². The van der Waals surface area contributed by atoms with E-state index in [0.29, 0.717) is 35.0 Å². The third-order valence-corrected chi connectivity index (χ3v) is 5.63. The Balaban J connectivity index is 1.53. The number of carbonyl (C=O) groups excluding carboxylic acids is 1. The molecule has 1 fully saturated rings. The normalized spacial score (nSPS) is 14.9. The Bertz CT molecular complexity index is 1020. The van der Waals surface area contributed by atoms with Gasteiger partial charge in [-0.3, -0.25) is 4.79 Å². The molecule has 3 aromatic rings. The number of amides is 1. The van der Waals surface area contributed by atoms with Crippen LogP contribution >= 0.6 is 0 Å². The Labute approximate surface area is 176 Å². The highest BCUT2D eigenvalue weighted by molar-refractivity contribution is 5.97. The van der Waals surface area contributed by atoms with E-state index < -0.39 is 0 Å². The van der Waals surface area contributed by atoms with Crippen LogP contribution in [0.3, 0.4) is 0 Å². The topological polar surface area (TPSA) is 64.8 Å². The zero-order chi connectivity index (χ0) is 20.9. The molecule has 1 aliphatic heterocycles. The van der Waals surface area contributed by atoms with E-state index in [0.717, 1.165) is 37.0 Å². The molecule has 0 N–H and O–H groups in total. The van der Waals surface area contributed by atoms with Crippen molar-refractivity contribution in [2.45, 2.75) is 38.5 Å². The zero-order valence-electron chi connectivity index (χ0n) is 17.6. The highest BCUT2D eigenvalue weighted by Gasteiger charge is 2.18. The van der Waals surface area contributed by atoms with Crippen LogP contribution in [-0.2, 0) is 6.42 Å². The lowest BCUT2D eigenvalue weighted by Gasteiger charge is -2.24. The van der Waals surface area contributed by atoms with Crippen molar-refractivity contribution in [3.63, 3.8) is 0 Å². The molecule has 0 radical (unpaired) electrons. The van der Waals surface area contributed by atoms with Gasteiger partial charge < -0.3 is 18.8 Å². The lowest BCUT2D eigenvalue weighted by molar-refractivity contribution is 0.0742. The van der Waals surface area contributed by atoms with Crippen LogP contribution in [0, 0.1) is 0 Å². The van der Waals surface area contributed by atoms with Crippen molar-refractivity contribution in [3.05, 3.63) is 53.4 Å². The van der Waals surface area contributed by atoms with Crippen molar-refractivity contribution in [2.24, 2.45) is 0 Å². The molecular formula is C24H28N2O4. The summed E-state index contributed by atoms with van der Waals surface area (Å²) in [6, 6.07) is 11.3. The maximum absolute atomic E-state index is 13.0. The minimum absolute atomic E-state index is 0.0802. The van der Waals surface area contributed by atoms with Crippen LogP contribution in [0.1, 0.15) is 53.9 Å². The summed E-state index contributed by atoms with van der Waals surface area (Å²) in [5.74, 6) is 2.04. The van der Waals surface area contributed by atoms with Crippen molar-refractivity contribution >= 4 is 17.0 Å². The first-order chi connectivity index (χ1) is 14.7. The van der Waals surface area contributed by atoms with Crippen molar-refractivity contribution in [1.82, 2.24) is 9.88 Å². The number of hydrogen-bond donors (Lipinski definition) is 0. The van der Waals surface area contributed by atoms with Crippen LogP contribution in [0.2, 0.25) is 0 Å². The summed E-state index contributed by atoms with van der Waals surface area (Å²) in [6.45, 7) is 1.66. The summed E-state index contributed by atoms with van der Waals surface area (Å²) >= 11 is 0. The minimum atomic E-state index is 0.0802. The van der Waals surface area contributed by atoms with E-state index in [2.05, 4.69) is 4.98 Å². The van der Waals surface area contributed by atoms with Gasteiger partial charge in [-0.25, -0.2) is 4.98 Å². The highest BCUT2D eigenvalue weighted by Crippen LogP contribution is 2.29. The largest absolute Gasteiger partial charge is 0.493 e. The van der Waals surface area contributed by atoms with Crippen LogP contribution in [0.15, 0.2) is 40.8 Å². The van der Waals surface area contributed by atoms with E-state index in [1.807, 2.05) is 41.3 Å². The summed E-state index contributed by atoms with van der Waals surface area (Å²) in [5.41, 5.74) is 3.08. The summed E-state index contributed by atoms with van der Waals surface area (Å²) in [7, 11) is 3.23. The van der Waals surface area contributed by atoms with Crippen LogP contribution in [0.25, 0.3) is 11.1 Å². The molecule has 4 rings (SSSR count). The molecule has 1 amide bonds. The fourth-order valence-corrected chi connectivity index (χ4v) is 3.98. The molecule has 0 unspecified atom stereocenters.